The van der Waals surface area contributed by atoms with Crippen LogP contribution in [-0.2, 0) is 43.6 Å². The number of sulfonamides is 1. The molecule has 0 aromatic heterocycles. The molecule has 1 aliphatic rings. The van der Waals surface area contributed by atoms with E-state index in [0.29, 0.717) is 17.7 Å². The molecule has 7 nitrogen and oxygen atoms in total. The summed E-state index contributed by atoms with van der Waals surface area (Å²) in [4.78, 5) is 9.81. The Morgan fingerprint density at radius 3 is 2.19 bits per heavy atom. The van der Waals surface area contributed by atoms with Crippen molar-refractivity contribution in [3.63, 3.8) is 0 Å². The van der Waals surface area contributed by atoms with Crippen molar-refractivity contribution in [2.24, 2.45) is 0 Å². The minimum atomic E-state index is -5.05. The van der Waals surface area contributed by atoms with Crippen LogP contribution < -0.4 is 4.72 Å². The standard InChI is InChI=1S/C24H20F3NO6S2/c1-34-23(29)16-8-7-15-12-18(13-17(15)11-16)28-36(32,33)22-14-20(9-10-21(22)24(25,26)27)35(30,31)19-5-3-2-4-6-19/h2-11,14,18,28H,12-13H2,1H3. The molecular formula is C24H20F3NO6S2. The van der Waals surface area contributed by atoms with E-state index in [-0.39, 0.29) is 23.3 Å². The summed E-state index contributed by atoms with van der Waals surface area (Å²) in [5.41, 5.74) is 0.164. The molecule has 0 amide bonds. The molecule has 1 unspecified atom stereocenters. The smallest absolute Gasteiger partial charge is 0.417 e. The lowest BCUT2D eigenvalue weighted by Gasteiger charge is -2.18. The van der Waals surface area contributed by atoms with Gasteiger partial charge in [-0.3, -0.25) is 0 Å². The van der Waals surface area contributed by atoms with Crippen LogP contribution in [0.5, 0.6) is 0 Å². The van der Waals surface area contributed by atoms with E-state index in [1.54, 1.807) is 18.2 Å². The van der Waals surface area contributed by atoms with Gasteiger partial charge in [-0.2, -0.15) is 13.2 Å². The maximum atomic E-state index is 13.7. The number of hydrogen-bond donors (Lipinski definition) is 1. The molecule has 36 heavy (non-hydrogen) atoms. The number of esters is 1. The summed E-state index contributed by atoms with van der Waals surface area (Å²) in [6, 6.07) is 12.6. The Hall–Kier alpha value is -3.22. The first-order chi connectivity index (χ1) is 16.8. The van der Waals surface area contributed by atoms with Crippen molar-refractivity contribution < 1.29 is 39.5 Å². The fourth-order valence-electron chi connectivity index (χ4n) is 4.09. The fraction of sp³-hybridized carbons (Fsp3) is 0.208. The lowest BCUT2D eigenvalue weighted by Crippen LogP contribution is -2.36. The van der Waals surface area contributed by atoms with E-state index in [4.69, 9.17) is 0 Å². The maximum Gasteiger partial charge on any atom is 0.417 e. The first-order valence-corrected chi connectivity index (χ1v) is 13.5. The minimum absolute atomic E-state index is 0.128. The largest absolute Gasteiger partial charge is 0.465 e. The number of sulfone groups is 1. The number of alkyl halides is 3. The predicted octanol–water partition coefficient (Wildman–Crippen LogP) is 3.77. The minimum Gasteiger partial charge on any atom is -0.465 e. The van der Waals surface area contributed by atoms with Crippen molar-refractivity contribution in [2.45, 2.75) is 39.7 Å². The second-order valence-electron chi connectivity index (χ2n) is 8.17. The second-order valence-corrected chi connectivity index (χ2v) is 11.8. The number of nitrogens with one attached hydrogen (secondary N) is 1. The number of rotatable bonds is 6. The number of hydrogen-bond acceptors (Lipinski definition) is 6. The Kier molecular flexibility index (Phi) is 6.71. The van der Waals surface area contributed by atoms with E-state index < -0.39 is 53.4 Å². The molecule has 12 heteroatoms. The fourth-order valence-corrected chi connectivity index (χ4v) is 6.96. The van der Waals surface area contributed by atoms with Gasteiger partial charge in [0.1, 0.15) is 0 Å². The van der Waals surface area contributed by atoms with Crippen molar-refractivity contribution in [1.29, 1.82) is 0 Å². The van der Waals surface area contributed by atoms with E-state index in [9.17, 15) is 34.8 Å². The molecule has 0 heterocycles. The van der Waals surface area contributed by atoms with Crippen LogP contribution in [0.4, 0.5) is 13.2 Å². The summed E-state index contributed by atoms with van der Waals surface area (Å²) in [7, 11) is -7.85. The molecule has 1 N–H and O–H groups in total. The Morgan fingerprint density at radius 2 is 1.56 bits per heavy atom. The molecule has 1 atom stereocenters. The average Bonchev–Trinajstić information content (AvgIpc) is 3.23. The summed E-state index contributed by atoms with van der Waals surface area (Å²) >= 11 is 0. The molecule has 1 aliphatic carbocycles. The zero-order valence-electron chi connectivity index (χ0n) is 18.7. The van der Waals surface area contributed by atoms with Crippen LogP contribution in [0.2, 0.25) is 0 Å². The van der Waals surface area contributed by atoms with Crippen molar-refractivity contribution in [1.82, 2.24) is 4.72 Å². The summed E-state index contributed by atoms with van der Waals surface area (Å²) in [5.74, 6) is -0.576. The molecule has 190 valence electrons. The molecule has 0 bridgehead atoms. The van der Waals surface area contributed by atoms with Gasteiger partial charge in [0.2, 0.25) is 19.9 Å². The molecule has 0 saturated heterocycles. The molecule has 3 aromatic carbocycles. The molecule has 0 spiro atoms. The normalized spacial score (nSPS) is 15.9. The Balaban J connectivity index is 1.70. The number of halogens is 3. The molecule has 4 rings (SSSR count). The average molecular weight is 540 g/mol. The van der Waals surface area contributed by atoms with E-state index in [0.717, 1.165) is 11.6 Å². The Morgan fingerprint density at radius 1 is 0.889 bits per heavy atom. The zero-order chi connectivity index (χ0) is 26.3. The van der Waals surface area contributed by atoms with E-state index in [1.165, 1.54) is 37.4 Å². The first kappa shape index (κ1) is 25.9. The highest BCUT2D eigenvalue weighted by molar-refractivity contribution is 7.91. The van der Waals surface area contributed by atoms with Crippen LogP contribution in [0.15, 0.2) is 81.4 Å². The molecule has 0 saturated carbocycles. The summed E-state index contributed by atoms with van der Waals surface area (Å²) in [6.45, 7) is 0. The summed E-state index contributed by atoms with van der Waals surface area (Å²) < 4.78 is 100. The lowest BCUT2D eigenvalue weighted by molar-refractivity contribution is -0.139. The highest BCUT2D eigenvalue weighted by Gasteiger charge is 2.39. The second kappa shape index (κ2) is 9.34. The van der Waals surface area contributed by atoms with Crippen molar-refractivity contribution in [3.05, 3.63) is 89.0 Å². The summed E-state index contributed by atoms with van der Waals surface area (Å²) in [5, 5.41) is 0. The molecule has 0 aliphatic heterocycles. The monoisotopic (exact) mass is 539 g/mol. The van der Waals surface area contributed by atoms with Gasteiger partial charge in [-0.05, 0) is 66.4 Å². The number of carbonyl (C=O) groups excluding carboxylic acids is 1. The van der Waals surface area contributed by atoms with Gasteiger partial charge in [-0.1, -0.05) is 24.3 Å². The Labute approximate surface area is 205 Å². The van der Waals surface area contributed by atoms with Gasteiger partial charge in [0.15, 0.2) is 0 Å². The topological polar surface area (TPSA) is 107 Å². The zero-order valence-corrected chi connectivity index (χ0v) is 20.4. The number of benzene rings is 3. The van der Waals surface area contributed by atoms with Gasteiger partial charge in [0.05, 0.1) is 32.9 Å². The molecule has 0 radical (unpaired) electrons. The third-order valence-electron chi connectivity index (χ3n) is 5.79. The van der Waals surface area contributed by atoms with E-state index in [2.05, 4.69) is 9.46 Å². The van der Waals surface area contributed by atoms with Gasteiger partial charge < -0.3 is 4.74 Å². The van der Waals surface area contributed by atoms with Gasteiger partial charge in [0.25, 0.3) is 0 Å². The van der Waals surface area contributed by atoms with Gasteiger partial charge in [0, 0.05) is 6.04 Å². The number of fused-ring (bicyclic) bond motifs is 1. The number of carbonyl (C=O) groups is 1. The quantitative estimate of drug-likeness (QED) is 0.478. The highest BCUT2D eigenvalue weighted by atomic mass is 32.2. The first-order valence-electron chi connectivity index (χ1n) is 10.6. The van der Waals surface area contributed by atoms with E-state index in [1.807, 2.05) is 0 Å². The van der Waals surface area contributed by atoms with Gasteiger partial charge in [-0.15, -0.1) is 0 Å². The molecule has 3 aromatic rings. The number of methoxy groups -OCH3 is 1. The van der Waals surface area contributed by atoms with Crippen LogP contribution in [0, 0.1) is 0 Å². The van der Waals surface area contributed by atoms with Crippen molar-refractivity contribution in [3.8, 4) is 0 Å². The van der Waals surface area contributed by atoms with Crippen LogP contribution in [-0.4, -0.2) is 36.0 Å². The third kappa shape index (κ3) is 5.01. The Bertz CT molecular complexity index is 1540. The predicted molar refractivity (Wildman–Crippen MR) is 123 cm³/mol. The van der Waals surface area contributed by atoms with E-state index >= 15 is 0 Å². The highest BCUT2D eigenvalue weighted by Crippen LogP contribution is 2.37. The SMILES string of the molecule is COC(=O)c1ccc2c(c1)CC(NS(=O)(=O)c1cc(S(=O)(=O)c3ccccc3)ccc1C(F)(F)F)C2. The van der Waals surface area contributed by atoms with Gasteiger partial charge >= 0.3 is 12.1 Å². The van der Waals surface area contributed by atoms with Crippen LogP contribution >= 0.6 is 0 Å². The lowest BCUT2D eigenvalue weighted by atomic mass is 10.1. The van der Waals surface area contributed by atoms with Crippen LogP contribution in [0.3, 0.4) is 0 Å². The van der Waals surface area contributed by atoms with Crippen molar-refractivity contribution >= 4 is 25.8 Å². The number of ether oxygens (including phenoxy) is 1. The molecular weight excluding hydrogens is 519 g/mol. The molecule has 0 fully saturated rings. The third-order valence-corrected chi connectivity index (χ3v) is 9.12. The van der Waals surface area contributed by atoms with Crippen LogP contribution in [0.25, 0.3) is 0 Å². The maximum absolute atomic E-state index is 13.7. The van der Waals surface area contributed by atoms with Crippen molar-refractivity contribution in [2.75, 3.05) is 7.11 Å². The summed E-state index contributed by atoms with van der Waals surface area (Å²) in [6.07, 6.45) is -4.74. The van der Waals surface area contributed by atoms with Gasteiger partial charge in [-0.25, -0.2) is 26.4 Å². The van der Waals surface area contributed by atoms with Crippen LogP contribution in [0.1, 0.15) is 27.0 Å².